The van der Waals surface area contributed by atoms with E-state index >= 15 is 0 Å². The van der Waals surface area contributed by atoms with Crippen LogP contribution in [0.15, 0.2) is 65.1 Å². The van der Waals surface area contributed by atoms with Crippen molar-refractivity contribution >= 4 is 22.1 Å². The number of aryl methyl sites for hydroxylation is 4. The summed E-state index contributed by atoms with van der Waals surface area (Å²) in [6.45, 7) is 8.36. The summed E-state index contributed by atoms with van der Waals surface area (Å²) in [6.07, 6.45) is 0. The summed E-state index contributed by atoms with van der Waals surface area (Å²) in [7, 11) is 0. The quantitative estimate of drug-likeness (QED) is 0.334. The van der Waals surface area contributed by atoms with Crippen molar-refractivity contribution in [3.05, 3.63) is 83.0 Å². The molecule has 0 saturated carbocycles. The van der Waals surface area contributed by atoms with E-state index in [9.17, 15) is 0 Å². The van der Waals surface area contributed by atoms with Gasteiger partial charge in [-0.2, -0.15) is 0 Å². The minimum atomic E-state index is 0.664. The molecule has 0 unspecified atom stereocenters. The van der Waals surface area contributed by atoms with Crippen molar-refractivity contribution < 1.29 is 4.42 Å². The van der Waals surface area contributed by atoms with Gasteiger partial charge in [-0.15, -0.1) is 0 Å². The highest BCUT2D eigenvalue weighted by Gasteiger charge is 2.16. The van der Waals surface area contributed by atoms with Crippen LogP contribution in [0.25, 0.3) is 44.6 Å². The molecule has 3 heterocycles. The Morgan fingerprint density at radius 1 is 0.690 bits per heavy atom. The lowest BCUT2D eigenvalue weighted by molar-refractivity contribution is 0.655. The average molecular weight is 378 g/mol. The number of pyridine rings is 2. The number of para-hydroxylation sites is 1. The summed E-state index contributed by atoms with van der Waals surface area (Å²) in [6, 6.07) is 20.9. The van der Waals surface area contributed by atoms with Crippen LogP contribution in [0.4, 0.5) is 0 Å². The number of benzene rings is 2. The molecular weight excluding hydrogens is 356 g/mol. The second-order valence-electron chi connectivity index (χ2n) is 7.77. The zero-order chi connectivity index (χ0) is 20.1. The minimum absolute atomic E-state index is 0.664. The van der Waals surface area contributed by atoms with Gasteiger partial charge in [0.2, 0.25) is 5.71 Å². The Balaban J connectivity index is 1.76. The predicted octanol–water partition coefficient (Wildman–Crippen LogP) is 6.94. The van der Waals surface area contributed by atoms with Gasteiger partial charge in [-0.3, -0.25) is 4.98 Å². The maximum atomic E-state index is 6.31. The topological polar surface area (TPSA) is 38.9 Å². The first-order valence-corrected chi connectivity index (χ1v) is 9.86. The number of furan rings is 1. The van der Waals surface area contributed by atoms with Crippen LogP contribution in [-0.2, 0) is 0 Å². The average Bonchev–Trinajstić information content (AvgIpc) is 3.05. The van der Waals surface area contributed by atoms with E-state index in [1.165, 1.54) is 22.3 Å². The van der Waals surface area contributed by atoms with Crippen LogP contribution in [0.5, 0.6) is 0 Å². The molecule has 0 N–H and O–H groups in total. The van der Waals surface area contributed by atoms with E-state index in [0.717, 1.165) is 39.0 Å². The van der Waals surface area contributed by atoms with Crippen molar-refractivity contribution in [2.24, 2.45) is 0 Å². The summed E-state index contributed by atoms with van der Waals surface area (Å²) in [5, 5.41) is 2.10. The Hall–Kier alpha value is -3.46. The molecule has 0 amide bonds. The molecule has 5 aromatic rings. The Morgan fingerprint density at radius 3 is 2.21 bits per heavy atom. The first-order chi connectivity index (χ1) is 14.0. The van der Waals surface area contributed by atoms with E-state index in [4.69, 9.17) is 14.4 Å². The first-order valence-electron chi connectivity index (χ1n) is 9.86. The molecule has 29 heavy (non-hydrogen) atoms. The molecule has 0 aliphatic rings. The molecule has 0 aliphatic heterocycles. The largest absolute Gasteiger partial charge is 0.437 e. The van der Waals surface area contributed by atoms with Gasteiger partial charge in [0.05, 0.1) is 11.4 Å². The van der Waals surface area contributed by atoms with E-state index < -0.39 is 0 Å². The number of hydrogen-bond acceptors (Lipinski definition) is 3. The molecule has 0 aliphatic carbocycles. The van der Waals surface area contributed by atoms with E-state index in [0.29, 0.717) is 5.71 Å². The lowest BCUT2D eigenvalue weighted by Gasteiger charge is -2.08. The van der Waals surface area contributed by atoms with Crippen molar-refractivity contribution in [3.63, 3.8) is 0 Å². The molecule has 0 fully saturated rings. The highest BCUT2D eigenvalue weighted by molar-refractivity contribution is 6.08. The molecule has 0 radical (unpaired) electrons. The van der Waals surface area contributed by atoms with E-state index in [2.05, 4.69) is 81.4 Å². The van der Waals surface area contributed by atoms with Crippen LogP contribution >= 0.6 is 0 Å². The number of aromatic nitrogens is 2. The SMILES string of the molecule is Cc1cc(C)nc(-c2cccc3c2oc2nc(-c4c(C)cccc4C)ccc23)c1. The van der Waals surface area contributed by atoms with E-state index in [-0.39, 0.29) is 0 Å². The maximum absolute atomic E-state index is 6.31. The van der Waals surface area contributed by atoms with Crippen molar-refractivity contribution in [1.82, 2.24) is 9.97 Å². The molecule has 5 rings (SSSR count). The summed E-state index contributed by atoms with van der Waals surface area (Å²) in [4.78, 5) is 9.62. The molecular formula is C26H22N2O. The standard InChI is InChI=1S/C26H22N2O/c1-15-13-18(4)27-23(14-15)21-10-6-9-19-20-11-12-22(28-26(20)29-25(19)21)24-16(2)7-5-8-17(24)3/h5-14H,1-4H3. The monoisotopic (exact) mass is 378 g/mol. The predicted molar refractivity (Wildman–Crippen MR) is 119 cm³/mol. The Labute approximate surface area is 170 Å². The van der Waals surface area contributed by atoms with Gasteiger partial charge in [0.1, 0.15) is 5.58 Å². The molecule has 142 valence electrons. The summed E-state index contributed by atoms with van der Waals surface area (Å²) in [5.41, 5.74) is 10.2. The summed E-state index contributed by atoms with van der Waals surface area (Å²) >= 11 is 0. The zero-order valence-corrected chi connectivity index (χ0v) is 17.1. The van der Waals surface area contributed by atoms with Gasteiger partial charge in [0, 0.05) is 27.6 Å². The Bertz CT molecular complexity index is 1350. The number of fused-ring (bicyclic) bond motifs is 3. The molecule has 0 bridgehead atoms. The van der Waals surface area contributed by atoms with Crippen molar-refractivity contribution in [2.45, 2.75) is 27.7 Å². The smallest absolute Gasteiger partial charge is 0.227 e. The molecule has 0 saturated heterocycles. The number of rotatable bonds is 2. The van der Waals surface area contributed by atoms with E-state index in [1.54, 1.807) is 0 Å². The molecule has 3 nitrogen and oxygen atoms in total. The first kappa shape index (κ1) is 17.6. The summed E-state index contributed by atoms with van der Waals surface area (Å²) < 4.78 is 6.31. The molecule has 3 aromatic heterocycles. The fraction of sp³-hybridized carbons (Fsp3) is 0.154. The van der Waals surface area contributed by atoms with Crippen LogP contribution in [0, 0.1) is 27.7 Å². The van der Waals surface area contributed by atoms with Crippen molar-refractivity contribution in [2.75, 3.05) is 0 Å². The zero-order valence-electron chi connectivity index (χ0n) is 17.1. The second kappa shape index (κ2) is 6.56. The highest BCUT2D eigenvalue weighted by atomic mass is 16.3. The minimum Gasteiger partial charge on any atom is -0.437 e. The normalized spacial score (nSPS) is 11.4. The van der Waals surface area contributed by atoms with E-state index in [1.807, 2.05) is 6.92 Å². The highest BCUT2D eigenvalue weighted by Crippen LogP contribution is 2.36. The fourth-order valence-electron chi connectivity index (χ4n) is 4.22. The van der Waals surface area contributed by atoms with Gasteiger partial charge in [0.15, 0.2) is 0 Å². The van der Waals surface area contributed by atoms with Gasteiger partial charge < -0.3 is 4.42 Å². The molecule has 0 spiro atoms. The Kier molecular flexibility index (Phi) is 3.99. The molecule has 0 atom stereocenters. The van der Waals surface area contributed by atoms with Crippen molar-refractivity contribution in [3.8, 4) is 22.5 Å². The fourth-order valence-corrected chi connectivity index (χ4v) is 4.22. The second-order valence-corrected chi connectivity index (χ2v) is 7.77. The van der Waals surface area contributed by atoms with Gasteiger partial charge in [0.25, 0.3) is 0 Å². The van der Waals surface area contributed by atoms with Crippen LogP contribution in [0.1, 0.15) is 22.4 Å². The third-order valence-electron chi connectivity index (χ3n) is 5.48. The van der Waals surface area contributed by atoms with Crippen molar-refractivity contribution in [1.29, 1.82) is 0 Å². The Morgan fingerprint density at radius 2 is 1.45 bits per heavy atom. The van der Waals surface area contributed by atoms with Crippen LogP contribution in [0.3, 0.4) is 0 Å². The van der Waals surface area contributed by atoms with Crippen LogP contribution in [0.2, 0.25) is 0 Å². The van der Waals surface area contributed by atoms with Crippen LogP contribution < -0.4 is 0 Å². The third kappa shape index (κ3) is 2.90. The van der Waals surface area contributed by atoms with Gasteiger partial charge in [-0.05, 0) is 74.7 Å². The van der Waals surface area contributed by atoms with Gasteiger partial charge in [-0.25, -0.2) is 4.98 Å². The van der Waals surface area contributed by atoms with Gasteiger partial charge >= 0.3 is 0 Å². The maximum Gasteiger partial charge on any atom is 0.227 e. The van der Waals surface area contributed by atoms with Crippen LogP contribution in [-0.4, -0.2) is 9.97 Å². The lowest BCUT2D eigenvalue weighted by Crippen LogP contribution is -1.90. The lowest BCUT2D eigenvalue weighted by atomic mass is 9.99. The van der Waals surface area contributed by atoms with Gasteiger partial charge in [-0.1, -0.05) is 30.3 Å². The molecule has 2 aromatic carbocycles. The summed E-state index contributed by atoms with van der Waals surface area (Å²) in [5.74, 6) is 0. The molecule has 3 heteroatoms. The number of hydrogen-bond donors (Lipinski definition) is 0. The number of nitrogens with zero attached hydrogens (tertiary/aromatic N) is 2. The third-order valence-corrected chi connectivity index (χ3v) is 5.48.